The molecule has 0 aliphatic carbocycles. The Hall–Kier alpha value is -2.17. The number of carbonyl (C=O) groups excluding carboxylic acids is 1. The van der Waals surface area contributed by atoms with Crippen molar-refractivity contribution in [1.29, 1.82) is 0 Å². The first-order valence-electron chi connectivity index (χ1n) is 7.28. The fraction of sp³-hybridized carbons (Fsp3) is 0.438. The van der Waals surface area contributed by atoms with Crippen LogP contribution in [0.15, 0.2) is 18.2 Å². The minimum absolute atomic E-state index is 0.0976. The number of nitrogens with one attached hydrogen (secondary N) is 1. The van der Waals surface area contributed by atoms with Crippen LogP contribution in [0.5, 0.6) is 0 Å². The second kappa shape index (κ2) is 6.52. The predicted octanol–water partition coefficient (Wildman–Crippen LogP) is 3.51. The Morgan fingerprint density at radius 2 is 1.86 bits per heavy atom. The van der Waals surface area contributed by atoms with E-state index in [9.17, 15) is 4.79 Å². The molecule has 5 heteroatoms. The van der Waals surface area contributed by atoms with Crippen LogP contribution in [0.4, 0.5) is 10.5 Å². The predicted molar refractivity (Wildman–Crippen MR) is 85.6 cm³/mol. The number of aryl methyl sites for hydroxylation is 2. The second-order valence-corrected chi connectivity index (χ2v) is 5.30. The first-order chi connectivity index (χ1) is 10.0. The van der Waals surface area contributed by atoms with Crippen LogP contribution in [0.25, 0.3) is 11.0 Å². The maximum atomic E-state index is 12.1. The van der Waals surface area contributed by atoms with E-state index >= 15 is 0 Å². The monoisotopic (exact) mass is 286 g/mol. The topological polar surface area (TPSA) is 58.1 Å². The summed E-state index contributed by atoms with van der Waals surface area (Å²) in [6.07, 6.45) is 2.08. The van der Waals surface area contributed by atoms with E-state index in [0.717, 1.165) is 47.5 Å². The van der Waals surface area contributed by atoms with E-state index in [4.69, 9.17) is 0 Å². The zero-order valence-corrected chi connectivity index (χ0v) is 13.1. The van der Waals surface area contributed by atoms with Crippen molar-refractivity contribution >= 4 is 22.8 Å². The average Bonchev–Trinajstić information content (AvgIpc) is 2.46. The highest BCUT2D eigenvalue weighted by Crippen LogP contribution is 2.17. The van der Waals surface area contributed by atoms with Gasteiger partial charge in [0, 0.05) is 19.3 Å². The first-order valence-corrected chi connectivity index (χ1v) is 7.28. The van der Waals surface area contributed by atoms with Crippen LogP contribution in [-0.4, -0.2) is 34.5 Å². The Bertz CT molecular complexity index is 654. The third-order valence-corrected chi connectivity index (χ3v) is 3.52. The number of hydrogen-bond acceptors (Lipinski definition) is 3. The molecular weight excluding hydrogens is 264 g/mol. The third kappa shape index (κ3) is 3.68. The molecule has 2 rings (SSSR count). The Balaban J connectivity index is 2.15. The molecule has 0 saturated heterocycles. The zero-order valence-electron chi connectivity index (χ0n) is 13.1. The van der Waals surface area contributed by atoms with Crippen molar-refractivity contribution in [3.8, 4) is 0 Å². The van der Waals surface area contributed by atoms with Crippen molar-refractivity contribution in [2.75, 3.05) is 18.9 Å². The SMILES string of the molecule is CCCCN(C)C(=O)Nc1ccc2nc(C)c(C)nc2c1. The van der Waals surface area contributed by atoms with Crippen molar-refractivity contribution in [3.05, 3.63) is 29.6 Å². The fourth-order valence-electron chi connectivity index (χ4n) is 2.02. The molecule has 0 aliphatic rings. The molecule has 1 aromatic carbocycles. The maximum Gasteiger partial charge on any atom is 0.321 e. The summed E-state index contributed by atoms with van der Waals surface area (Å²) in [4.78, 5) is 22.7. The number of hydrogen-bond donors (Lipinski definition) is 1. The van der Waals surface area contributed by atoms with Crippen LogP contribution in [0.3, 0.4) is 0 Å². The van der Waals surface area contributed by atoms with E-state index in [1.54, 1.807) is 11.9 Å². The quantitative estimate of drug-likeness (QED) is 0.935. The molecular formula is C16H22N4O. The average molecular weight is 286 g/mol. The van der Waals surface area contributed by atoms with E-state index in [2.05, 4.69) is 22.2 Å². The number of anilines is 1. The van der Waals surface area contributed by atoms with Crippen molar-refractivity contribution in [1.82, 2.24) is 14.9 Å². The van der Waals surface area contributed by atoms with Crippen LogP contribution in [0.2, 0.25) is 0 Å². The standard InChI is InChI=1S/C16H22N4O/c1-5-6-9-20(4)16(21)19-13-7-8-14-15(10-13)18-12(3)11(2)17-14/h7-8,10H,5-6,9H2,1-4H3,(H,19,21). The van der Waals surface area contributed by atoms with Crippen LogP contribution < -0.4 is 5.32 Å². The number of fused-ring (bicyclic) bond motifs is 1. The van der Waals surface area contributed by atoms with Gasteiger partial charge in [-0.1, -0.05) is 13.3 Å². The molecule has 0 spiro atoms. The van der Waals surface area contributed by atoms with Gasteiger partial charge < -0.3 is 10.2 Å². The van der Waals surface area contributed by atoms with Gasteiger partial charge in [-0.2, -0.15) is 0 Å². The highest BCUT2D eigenvalue weighted by Gasteiger charge is 2.09. The Labute approximate surface area is 125 Å². The van der Waals surface area contributed by atoms with E-state index in [1.807, 2.05) is 32.0 Å². The highest BCUT2D eigenvalue weighted by molar-refractivity contribution is 5.91. The van der Waals surface area contributed by atoms with Gasteiger partial charge in [-0.25, -0.2) is 14.8 Å². The summed E-state index contributed by atoms with van der Waals surface area (Å²) >= 11 is 0. The van der Waals surface area contributed by atoms with E-state index < -0.39 is 0 Å². The lowest BCUT2D eigenvalue weighted by atomic mass is 10.2. The van der Waals surface area contributed by atoms with E-state index in [1.165, 1.54) is 0 Å². The summed E-state index contributed by atoms with van der Waals surface area (Å²) in [6, 6.07) is 5.51. The number of carbonyl (C=O) groups is 1. The van der Waals surface area contributed by atoms with Gasteiger partial charge >= 0.3 is 6.03 Å². The van der Waals surface area contributed by atoms with Gasteiger partial charge in [0.05, 0.1) is 22.4 Å². The van der Waals surface area contributed by atoms with Crippen LogP contribution >= 0.6 is 0 Å². The third-order valence-electron chi connectivity index (χ3n) is 3.52. The summed E-state index contributed by atoms with van der Waals surface area (Å²) in [5.74, 6) is 0. The number of unbranched alkanes of at least 4 members (excludes halogenated alkanes) is 1. The summed E-state index contributed by atoms with van der Waals surface area (Å²) < 4.78 is 0. The normalized spacial score (nSPS) is 10.7. The smallest absolute Gasteiger partial charge is 0.321 e. The number of aromatic nitrogens is 2. The molecule has 1 aromatic heterocycles. The fourth-order valence-corrected chi connectivity index (χ4v) is 2.02. The highest BCUT2D eigenvalue weighted by atomic mass is 16.2. The van der Waals surface area contributed by atoms with E-state index in [-0.39, 0.29) is 6.03 Å². The van der Waals surface area contributed by atoms with Gasteiger partial charge in [0.1, 0.15) is 0 Å². The molecule has 0 unspecified atom stereocenters. The molecule has 0 saturated carbocycles. The largest absolute Gasteiger partial charge is 0.328 e. The summed E-state index contributed by atoms with van der Waals surface area (Å²) in [6.45, 7) is 6.75. The number of amides is 2. The molecule has 0 radical (unpaired) electrons. The Morgan fingerprint density at radius 3 is 2.52 bits per heavy atom. The molecule has 0 fully saturated rings. The molecule has 21 heavy (non-hydrogen) atoms. The lowest BCUT2D eigenvalue weighted by molar-refractivity contribution is 0.222. The Morgan fingerprint density at radius 1 is 1.19 bits per heavy atom. The lowest BCUT2D eigenvalue weighted by Gasteiger charge is -2.17. The van der Waals surface area contributed by atoms with Gasteiger partial charge in [-0.15, -0.1) is 0 Å². The molecule has 112 valence electrons. The van der Waals surface area contributed by atoms with E-state index in [0.29, 0.717) is 0 Å². The maximum absolute atomic E-state index is 12.1. The van der Waals surface area contributed by atoms with Gasteiger partial charge in [-0.3, -0.25) is 0 Å². The van der Waals surface area contributed by atoms with Crippen LogP contribution in [-0.2, 0) is 0 Å². The Kier molecular flexibility index (Phi) is 4.73. The summed E-state index contributed by atoms with van der Waals surface area (Å²) in [7, 11) is 1.80. The minimum Gasteiger partial charge on any atom is -0.328 e. The molecule has 0 aliphatic heterocycles. The summed E-state index contributed by atoms with van der Waals surface area (Å²) in [5, 5.41) is 2.90. The van der Waals surface area contributed by atoms with Crippen LogP contribution in [0.1, 0.15) is 31.2 Å². The minimum atomic E-state index is -0.0976. The van der Waals surface area contributed by atoms with Crippen molar-refractivity contribution in [2.24, 2.45) is 0 Å². The number of rotatable bonds is 4. The van der Waals surface area contributed by atoms with Crippen LogP contribution in [0, 0.1) is 13.8 Å². The van der Waals surface area contributed by atoms with Gasteiger partial charge in [-0.05, 0) is 38.5 Å². The molecule has 2 amide bonds. The number of benzene rings is 1. The first kappa shape index (κ1) is 15.2. The second-order valence-electron chi connectivity index (χ2n) is 5.30. The summed E-state index contributed by atoms with van der Waals surface area (Å²) in [5.41, 5.74) is 4.22. The molecule has 0 atom stereocenters. The molecule has 2 aromatic rings. The molecule has 1 heterocycles. The van der Waals surface area contributed by atoms with Gasteiger partial charge in [0.25, 0.3) is 0 Å². The lowest BCUT2D eigenvalue weighted by Crippen LogP contribution is -2.32. The molecule has 1 N–H and O–H groups in total. The van der Waals surface area contributed by atoms with Crippen molar-refractivity contribution in [2.45, 2.75) is 33.6 Å². The number of urea groups is 1. The molecule has 5 nitrogen and oxygen atoms in total. The zero-order chi connectivity index (χ0) is 15.4. The van der Waals surface area contributed by atoms with Crippen molar-refractivity contribution in [3.63, 3.8) is 0 Å². The van der Waals surface area contributed by atoms with Gasteiger partial charge in [0.2, 0.25) is 0 Å². The molecule has 0 bridgehead atoms. The van der Waals surface area contributed by atoms with Crippen molar-refractivity contribution < 1.29 is 4.79 Å². The number of nitrogens with zero attached hydrogens (tertiary/aromatic N) is 3. The van der Waals surface area contributed by atoms with Gasteiger partial charge in [0.15, 0.2) is 0 Å².